The van der Waals surface area contributed by atoms with Crippen molar-refractivity contribution in [1.29, 1.82) is 0 Å². The van der Waals surface area contributed by atoms with Gasteiger partial charge in [-0.25, -0.2) is 4.98 Å². The standard InChI is InChI=1S/C12H10ClN5O/c1-8-4-11(19)18-12(15-7-16-18)17(8)6-9-2-3-10(13)14-5-9/h2-5,7H,6H2,1H3. The Hall–Kier alpha value is -2.21. The Labute approximate surface area is 113 Å². The fraction of sp³-hybridized carbons (Fsp3) is 0.167. The predicted molar refractivity (Wildman–Crippen MR) is 70.3 cm³/mol. The molecule has 6 nitrogen and oxygen atoms in total. The minimum atomic E-state index is -0.185. The molecule has 0 aliphatic rings. The summed E-state index contributed by atoms with van der Waals surface area (Å²) in [6.07, 6.45) is 3.07. The number of fused-ring (bicyclic) bond motifs is 1. The maximum Gasteiger partial charge on any atom is 0.275 e. The third-order valence-corrected chi connectivity index (χ3v) is 3.09. The van der Waals surface area contributed by atoms with Crippen LogP contribution in [0.4, 0.5) is 0 Å². The van der Waals surface area contributed by atoms with E-state index in [4.69, 9.17) is 11.6 Å². The molecule has 3 heterocycles. The number of hydrogen-bond donors (Lipinski definition) is 0. The zero-order chi connectivity index (χ0) is 13.4. The zero-order valence-electron chi connectivity index (χ0n) is 10.1. The summed E-state index contributed by atoms with van der Waals surface area (Å²) >= 11 is 5.76. The fourth-order valence-corrected chi connectivity index (χ4v) is 2.04. The molecule has 3 aromatic heterocycles. The highest BCUT2D eigenvalue weighted by Crippen LogP contribution is 2.10. The van der Waals surface area contributed by atoms with E-state index in [9.17, 15) is 4.79 Å². The highest BCUT2D eigenvalue weighted by Gasteiger charge is 2.08. The van der Waals surface area contributed by atoms with E-state index in [2.05, 4.69) is 15.1 Å². The number of nitrogens with zero attached hydrogens (tertiary/aromatic N) is 5. The van der Waals surface area contributed by atoms with Crippen LogP contribution in [0.2, 0.25) is 5.15 Å². The summed E-state index contributed by atoms with van der Waals surface area (Å²) in [4.78, 5) is 19.9. The summed E-state index contributed by atoms with van der Waals surface area (Å²) in [6.45, 7) is 2.41. The molecule has 7 heteroatoms. The van der Waals surface area contributed by atoms with Crippen molar-refractivity contribution in [2.24, 2.45) is 0 Å². The molecule has 0 amide bonds. The molecular weight excluding hydrogens is 266 g/mol. The maximum atomic E-state index is 11.7. The smallest absolute Gasteiger partial charge is 0.275 e. The molecule has 3 aromatic rings. The molecule has 96 valence electrons. The van der Waals surface area contributed by atoms with Gasteiger partial charge in [0.2, 0.25) is 5.78 Å². The second kappa shape index (κ2) is 4.47. The molecule has 0 N–H and O–H groups in total. The molecule has 0 saturated heterocycles. The van der Waals surface area contributed by atoms with Gasteiger partial charge in [0.1, 0.15) is 11.5 Å². The summed E-state index contributed by atoms with van der Waals surface area (Å²) in [5.74, 6) is 0.514. The van der Waals surface area contributed by atoms with E-state index in [1.54, 1.807) is 12.3 Å². The van der Waals surface area contributed by atoms with Crippen molar-refractivity contribution in [2.75, 3.05) is 0 Å². The Bertz CT molecular complexity index is 790. The average Bonchev–Trinajstić information content (AvgIpc) is 2.86. The number of rotatable bonds is 2. The van der Waals surface area contributed by atoms with Crippen LogP contribution in [0.25, 0.3) is 5.78 Å². The van der Waals surface area contributed by atoms with E-state index in [0.717, 1.165) is 11.3 Å². The van der Waals surface area contributed by atoms with Crippen molar-refractivity contribution in [3.05, 3.63) is 57.5 Å². The first-order chi connectivity index (χ1) is 9.15. The summed E-state index contributed by atoms with van der Waals surface area (Å²) in [5.41, 5.74) is 1.61. The van der Waals surface area contributed by atoms with E-state index in [0.29, 0.717) is 17.5 Å². The summed E-state index contributed by atoms with van der Waals surface area (Å²) in [6, 6.07) is 5.15. The van der Waals surface area contributed by atoms with Gasteiger partial charge in [0, 0.05) is 18.0 Å². The summed E-state index contributed by atoms with van der Waals surface area (Å²) in [7, 11) is 0. The van der Waals surface area contributed by atoms with Crippen molar-refractivity contribution in [3.8, 4) is 0 Å². The van der Waals surface area contributed by atoms with Gasteiger partial charge in [0.15, 0.2) is 0 Å². The lowest BCUT2D eigenvalue weighted by Crippen LogP contribution is -2.20. The molecule has 19 heavy (non-hydrogen) atoms. The number of hydrogen-bond acceptors (Lipinski definition) is 4. The third-order valence-electron chi connectivity index (χ3n) is 2.87. The first kappa shape index (κ1) is 11.9. The van der Waals surface area contributed by atoms with Gasteiger partial charge < -0.3 is 4.57 Å². The Kier molecular flexibility index (Phi) is 2.79. The molecule has 0 spiro atoms. The molecule has 0 saturated carbocycles. The predicted octanol–water partition coefficient (Wildman–Crippen LogP) is 1.30. The molecule has 0 bridgehead atoms. The molecule has 0 unspecified atom stereocenters. The summed E-state index contributed by atoms with van der Waals surface area (Å²) < 4.78 is 3.18. The molecular formula is C12H10ClN5O. The molecule has 0 fully saturated rings. The number of aryl methyl sites for hydroxylation is 1. The van der Waals surface area contributed by atoms with Gasteiger partial charge in [-0.2, -0.15) is 14.6 Å². The average molecular weight is 276 g/mol. The van der Waals surface area contributed by atoms with E-state index in [-0.39, 0.29) is 5.56 Å². The quantitative estimate of drug-likeness (QED) is 0.661. The van der Waals surface area contributed by atoms with Crippen LogP contribution in [0, 0.1) is 6.92 Å². The fourth-order valence-electron chi connectivity index (χ4n) is 1.93. The highest BCUT2D eigenvalue weighted by atomic mass is 35.5. The van der Waals surface area contributed by atoms with Crippen LogP contribution >= 0.6 is 11.6 Å². The third kappa shape index (κ3) is 2.10. The lowest BCUT2D eigenvalue weighted by atomic mass is 10.3. The van der Waals surface area contributed by atoms with Gasteiger partial charge in [-0.15, -0.1) is 0 Å². The minimum Gasteiger partial charge on any atom is -0.310 e. The Morgan fingerprint density at radius 1 is 1.32 bits per heavy atom. The highest BCUT2D eigenvalue weighted by molar-refractivity contribution is 6.29. The largest absolute Gasteiger partial charge is 0.310 e. The minimum absolute atomic E-state index is 0.185. The van der Waals surface area contributed by atoms with E-state index in [1.165, 1.54) is 16.9 Å². The van der Waals surface area contributed by atoms with Crippen LogP contribution in [0.5, 0.6) is 0 Å². The van der Waals surface area contributed by atoms with E-state index in [1.807, 2.05) is 17.6 Å². The van der Waals surface area contributed by atoms with Crippen LogP contribution in [-0.4, -0.2) is 24.1 Å². The van der Waals surface area contributed by atoms with Gasteiger partial charge in [0.05, 0.1) is 6.54 Å². The van der Waals surface area contributed by atoms with E-state index < -0.39 is 0 Å². The maximum absolute atomic E-state index is 11.7. The van der Waals surface area contributed by atoms with Crippen LogP contribution in [0.3, 0.4) is 0 Å². The second-order valence-electron chi connectivity index (χ2n) is 4.17. The van der Waals surface area contributed by atoms with Gasteiger partial charge in [-0.1, -0.05) is 17.7 Å². The first-order valence-electron chi connectivity index (χ1n) is 5.66. The van der Waals surface area contributed by atoms with Crippen molar-refractivity contribution < 1.29 is 0 Å². The summed E-state index contributed by atoms with van der Waals surface area (Å²) in [5, 5.41) is 4.36. The molecule has 0 atom stereocenters. The van der Waals surface area contributed by atoms with Crippen molar-refractivity contribution in [1.82, 2.24) is 24.1 Å². The molecule has 0 radical (unpaired) electrons. The lowest BCUT2D eigenvalue weighted by Gasteiger charge is -2.11. The topological polar surface area (TPSA) is 65.1 Å². The SMILES string of the molecule is Cc1cc(=O)n2ncnc2n1Cc1ccc(Cl)nc1. The van der Waals surface area contributed by atoms with Gasteiger partial charge in [-0.3, -0.25) is 4.79 Å². The van der Waals surface area contributed by atoms with Crippen LogP contribution < -0.4 is 5.56 Å². The number of pyridine rings is 1. The van der Waals surface area contributed by atoms with Gasteiger partial charge in [-0.05, 0) is 18.6 Å². The molecule has 0 aliphatic heterocycles. The normalized spacial score (nSPS) is 11.1. The van der Waals surface area contributed by atoms with Crippen LogP contribution in [-0.2, 0) is 6.54 Å². The van der Waals surface area contributed by atoms with Crippen LogP contribution in [0.15, 0.2) is 35.5 Å². The monoisotopic (exact) mass is 275 g/mol. The molecule has 0 aromatic carbocycles. The Balaban J connectivity index is 2.12. The second-order valence-corrected chi connectivity index (χ2v) is 4.56. The first-order valence-corrected chi connectivity index (χ1v) is 6.03. The van der Waals surface area contributed by atoms with Gasteiger partial charge in [0.25, 0.3) is 5.56 Å². The van der Waals surface area contributed by atoms with E-state index >= 15 is 0 Å². The van der Waals surface area contributed by atoms with Crippen molar-refractivity contribution in [2.45, 2.75) is 13.5 Å². The molecule has 0 aliphatic carbocycles. The Morgan fingerprint density at radius 2 is 2.16 bits per heavy atom. The Morgan fingerprint density at radius 3 is 2.89 bits per heavy atom. The lowest BCUT2D eigenvalue weighted by molar-refractivity contribution is 0.729. The van der Waals surface area contributed by atoms with Crippen LogP contribution in [0.1, 0.15) is 11.3 Å². The van der Waals surface area contributed by atoms with Crippen molar-refractivity contribution in [3.63, 3.8) is 0 Å². The zero-order valence-corrected chi connectivity index (χ0v) is 10.9. The number of aromatic nitrogens is 5. The van der Waals surface area contributed by atoms with Crippen molar-refractivity contribution >= 4 is 17.4 Å². The molecule has 3 rings (SSSR count). The van der Waals surface area contributed by atoms with Gasteiger partial charge >= 0.3 is 0 Å². The number of halogens is 1.